The Hall–Kier alpha value is -3.13. The molecule has 39 heavy (non-hydrogen) atoms. The first-order chi connectivity index (χ1) is 18.9. The molecule has 3 aliphatic carbocycles. The van der Waals surface area contributed by atoms with Crippen molar-refractivity contribution in [1.29, 1.82) is 0 Å². The van der Waals surface area contributed by atoms with Crippen LogP contribution in [0, 0.1) is 23.6 Å². The molecule has 1 nitrogen and oxygen atoms in total. The van der Waals surface area contributed by atoms with Gasteiger partial charge in [-0.1, -0.05) is 127 Å². The predicted octanol–water partition coefficient (Wildman–Crippen LogP) is 10.7. The van der Waals surface area contributed by atoms with Gasteiger partial charge >= 0.3 is 0 Å². The smallest absolute Gasteiger partial charge is 0.123 e. The quantitative estimate of drug-likeness (QED) is 0.380. The number of rotatable bonds is 7. The van der Waals surface area contributed by atoms with Crippen molar-refractivity contribution in [1.82, 2.24) is 5.32 Å². The second-order valence-corrected chi connectivity index (χ2v) is 11.6. The van der Waals surface area contributed by atoms with E-state index >= 15 is 0 Å². The third-order valence-electron chi connectivity index (χ3n) is 8.27. The number of halogens is 1. The molecule has 0 radical (unpaired) electrons. The SMILES string of the molecule is C=C(NC1=CCCC=C1)C1=C(C(C)C)C(CC)C(c2ccc(F)cc2)=C1c1ccccc1.CC1CCCCC1. The van der Waals surface area contributed by atoms with E-state index in [9.17, 15) is 4.39 Å². The Balaban J connectivity index is 0.000000438. The van der Waals surface area contributed by atoms with E-state index in [1.165, 1.54) is 60.0 Å². The van der Waals surface area contributed by atoms with Crippen LogP contribution in [0.1, 0.15) is 90.2 Å². The molecule has 0 spiro atoms. The van der Waals surface area contributed by atoms with Crippen molar-refractivity contribution >= 4 is 11.1 Å². The molecule has 2 heteroatoms. The normalized spacial score (nSPS) is 19.6. The fourth-order valence-electron chi connectivity index (χ4n) is 6.35. The van der Waals surface area contributed by atoms with Gasteiger partial charge in [0.25, 0.3) is 0 Å². The van der Waals surface area contributed by atoms with Gasteiger partial charge in [0.05, 0.1) is 0 Å². The monoisotopic (exact) mass is 523 g/mol. The van der Waals surface area contributed by atoms with Crippen LogP contribution in [0.3, 0.4) is 0 Å². The highest BCUT2D eigenvalue weighted by molar-refractivity contribution is 6.06. The van der Waals surface area contributed by atoms with Gasteiger partial charge < -0.3 is 5.32 Å². The molecular formula is C37H46FN. The lowest BCUT2D eigenvalue weighted by Gasteiger charge is -2.22. The highest BCUT2D eigenvalue weighted by atomic mass is 19.1. The third kappa shape index (κ3) is 7.10. The molecule has 2 aromatic rings. The summed E-state index contributed by atoms with van der Waals surface area (Å²) in [4.78, 5) is 0. The molecule has 3 aliphatic rings. The number of hydrogen-bond donors (Lipinski definition) is 1. The molecule has 2 aromatic carbocycles. The summed E-state index contributed by atoms with van der Waals surface area (Å²) < 4.78 is 13.8. The maximum atomic E-state index is 13.8. The van der Waals surface area contributed by atoms with Gasteiger partial charge in [-0.05, 0) is 71.6 Å². The van der Waals surface area contributed by atoms with Gasteiger partial charge in [-0.15, -0.1) is 0 Å². The number of allylic oxidation sites excluding steroid dienone is 6. The lowest BCUT2D eigenvalue weighted by Crippen LogP contribution is -2.16. The average molecular weight is 524 g/mol. The van der Waals surface area contributed by atoms with Gasteiger partial charge in [0.2, 0.25) is 0 Å². The van der Waals surface area contributed by atoms with Crippen molar-refractivity contribution < 1.29 is 4.39 Å². The molecule has 1 saturated carbocycles. The Kier molecular flexibility index (Phi) is 10.2. The van der Waals surface area contributed by atoms with Crippen LogP contribution < -0.4 is 5.32 Å². The van der Waals surface area contributed by atoms with E-state index in [4.69, 9.17) is 0 Å². The van der Waals surface area contributed by atoms with Gasteiger partial charge in [-0.2, -0.15) is 0 Å². The first-order valence-corrected chi connectivity index (χ1v) is 15.0. The average Bonchev–Trinajstić information content (AvgIpc) is 3.31. The summed E-state index contributed by atoms with van der Waals surface area (Å²) >= 11 is 0. The van der Waals surface area contributed by atoms with E-state index < -0.39 is 0 Å². The Labute approximate surface area is 236 Å². The molecule has 206 valence electrons. The molecule has 0 bridgehead atoms. The number of benzene rings is 2. The van der Waals surface area contributed by atoms with Crippen LogP contribution in [0.2, 0.25) is 0 Å². The van der Waals surface area contributed by atoms with Crippen molar-refractivity contribution in [2.45, 2.75) is 79.1 Å². The van der Waals surface area contributed by atoms with E-state index in [1.54, 1.807) is 12.1 Å². The van der Waals surface area contributed by atoms with Crippen LogP contribution >= 0.6 is 0 Å². The fourth-order valence-corrected chi connectivity index (χ4v) is 6.35. The predicted molar refractivity (Wildman–Crippen MR) is 166 cm³/mol. The zero-order valence-electron chi connectivity index (χ0n) is 24.4. The molecule has 0 amide bonds. The minimum atomic E-state index is -0.207. The first-order valence-electron chi connectivity index (χ1n) is 15.0. The lowest BCUT2D eigenvalue weighted by atomic mass is 9.83. The zero-order valence-corrected chi connectivity index (χ0v) is 24.4. The van der Waals surface area contributed by atoms with Crippen molar-refractivity contribution in [2.75, 3.05) is 0 Å². The van der Waals surface area contributed by atoms with Crippen molar-refractivity contribution in [2.24, 2.45) is 17.8 Å². The second-order valence-electron chi connectivity index (χ2n) is 11.6. The van der Waals surface area contributed by atoms with Gasteiger partial charge in [0, 0.05) is 22.9 Å². The molecule has 1 N–H and O–H groups in total. The molecule has 0 heterocycles. The Bertz CT molecular complexity index is 1230. The van der Waals surface area contributed by atoms with Crippen molar-refractivity contribution in [3.8, 4) is 0 Å². The zero-order chi connectivity index (χ0) is 27.8. The highest BCUT2D eigenvalue weighted by Crippen LogP contribution is 2.52. The van der Waals surface area contributed by atoms with Crippen LogP contribution in [0.15, 0.2) is 102 Å². The van der Waals surface area contributed by atoms with E-state index in [0.717, 1.165) is 42.1 Å². The molecule has 1 atom stereocenters. The number of nitrogens with one attached hydrogen (secondary N) is 1. The third-order valence-corrected chi connectivity index (χ3v) is 8.27. The topological polar surface area (TPSA) is 12.0 Å². The molecular weight excluding hydrogens is 477 g/mol. The van der Waals surface area contributed by atoms with E-state index in [0.29, 0.717) is 5.92 Å². The Morgan fingerprint density at radius 3 is 2.18 bits per heavy atom. The molecule has 1 unspecified atom stereocenters. The molecule has 5 rings (SSSR count). The van der Waals surface area contributed by atoms with E-state index in [2.05, 4.69) is 82.1 Å². The van der Waals surface area contributed by atoms with Gasteiger partial charge in [0.1, 0.15) is 5.82 Å². The lowest BCUT2D eigenvalue weighted by molar-refractivity contribution is 0.385. The van der Waals surface area contributed by atoms with E-state index in [1.807, 2.05) is 18.2 Å². The van der Waals surface area contributed by atoms with Crippen molar-refractivity contribution in [3.63, 3.8) is 0 Å². The summed E-state index contributed by atoms with van der Waals surface area (Å²) in [5.41, 5.74) is 9.38. The standard InChI is InChI=1S/C30H32FN.C7H14/c1-5-26-27(20(2)3)28(21(4)32-25-14-10-7-11-15-25)30(22-12-8-6-9-13-22)29(26)23-16-18-24(31)19-17-23;1-7-5-3-2-4-6-7/h6,8-10,12-20,26,32H,4-5,7,11H2,1-3H3;7H,2-6H2,1H3. The van der Waals surface area contributed by atoms with Crippen LogP contribution in [0.4, 0.5) is 4.39 Å². The summed E-state index contributed by atoms with van der Waals surface area (Å²) in [6.45, 7) is 13.6. The first kappa shape index (κ1) is 28.9. The fraction of sp³-hybridized carbons (Fsp3) is 0.405. The van der Waals surface area contributed by atoms with Crippen LogP contribution in [-0.4, -0.2) is 0 Å². The number of hydrogen-bond acceptors (Lipinski definition) is 1. The molecule has 0 aromatic heterocycles. The highest BCUT2D eigenvalue weighted by Gasteiger charge is 2.36. The summed E-state index contributed by atoms with van der Waals surface area (Å²) in [6, 6.07) is 17.5. The largest absolute Gasteiger partial charge is 0.356 e. The summed E-state index contributed by atoms with van der Waals surface area (Å²) in [6.07, 6.45) is 17.1. The maximum absolute atomic E-state index is 13.8. The second kappa shape index (κ2) is 13.8. The van der Waals surface area contributed by atoms with Gasteiger partial charge in [-0.25, -0.2) is 4.39 Å². The van der Waals surface area contributed by atoms with E-state index in [-0.39, 0.29) is 11.7 Å². The maximum Gasteiger partial charge on any atom is 0.123 e. The minimum Gasteiger partial charge on any atom is -0.356 e. The van der Waals surface area contributed by atoms with Gasteiger partial charge in [0.15, 0.2) is 0 Å². The molecule has 1 fully saturated rings. The summed E-state index contributed by atoms with van der Waals surface area (Å²) in [7, 11) is 0. The minimum absolute atomic E-state index is 0.207. The van der Waals surface area contributed by atoms with Crippen molar-refractivity contribution in [3.05, 3.63) is 119 Å². The van der Waals surface area contributed by atoms with Crippen LogP contribution in [0.5, 0.6) is 0 Å². The van der Waals surface area contributed by atoms with Gasteiger partial charge in [-0.3, -0.25) is 0 Å². The summed E-state index contributed by atoms with van der Waals surface area (Å²) in [5.74, 6) is 1.45. The van der Waals surface area contributed by atoms with Crippen LogP contribution in [0.25, 0.3) is 11.1 Å². The molecule has 0 saturated heterocycles. The Morgan fingerprint density at radius 1 is 0.949 bits per heavy atom. The Morgan fingerprint density at radius 2 is 1.64 bits per heavy atom. The molecule has 0 aliphatic heterocycles. The summed E-state index contributed by atoms with van der Waals surface area (Å²) in [5, 5.41) is 3.60. The van der Waals surface area contributed by atoms with Crippen LogP contribution in [-0.2, 0) is 0 Å².